The topological polar surface area (TPSA) is 213 Å². The summed E-state index contributed by atoms with van der Waals surface area (Å²) in [6.07, 6.45) is -17.5. The Labute approximate surface area is 661 Å². The summed E-state index contributed by atoms with van der Waals surface area (Å²) in [6, 6.07) is 58.0. The molecule has 116 heavy (non-hydrogen) atoms. The van der Waals surface area contributed by atoms with Crippen LogP contribution in [0.5, 0.6) is 0 Å². The van der Waals surface area contributed by atoms with Crippen molar-refractivity contribution in [2.45, 2.75) is 64.7 Å². The summed E-state index contributed by atoms with van der Waals surface area (Å²) >= 11 is 3.82. The van der Waals surface area contributed by atoms with Crippen LogP contribution in [0.1, 0.15) is 95.4 Å². The van der Waals surface area contributed by atoms with E-state index >= 15 is 0 Å². The fourth-order valence-corrected chi connectivity index (χ4v) is 14.0. The minimum atomic E-state index is -4.40. The molecule has 34 heteroatoms. The van der Waals surface area contributed by atoms with Gasteiger partial charge < -0.3 is 21.3 Å². The first-order valence-corrected chi connectivity index (χ1v) is 37.3. The number of thiazole rings is 2. The van der Waals surface area contributed by atoms with Crippen LogP contribution in [0.2, 0.25) is 0 Å². The zero-order chi connectivity index (χ0) is 82.2. The number of hydrogen-bond acceptors (Lipinski definition) is 13. The molecule has 4 amide bonds. The zero-order valence-electron chi connectivity index (χ0n) is 60.2. The van der Waals surface area contributed by atoms with Gasteiger partial charge >= 0.3 is 24.7 Å². The highest BCUT2D eigenvalue weighted by Crippen LogP contribution is 2.36. The van der Waals surface area contributed by atoms with Crippen LogP contribution < -0.4 is 21.3 Å². The quantitative estimate of drug-likeness (QED) is 0.0672. The molecule has 0 atom stereocenters. The molecule has 0 bridgehead atoms. The third-order valence-corrected chi connectivity index (χ3v) is 20.4. The number of para-hydroxylation sites is 4. The van der Waals surface area contributed by atoms with E-state index in [1.54, 1.807) is 79.0 Å². The number of benzene rings is 9. The van der Waals surface area contributed by atoms with E-state index in [0.717, 1.165) is 86.9 Å². The van der Waals surface area contributed by atoms with Crippen LogP contribution in [-0.4, -0.2) is 72.7 Å². The molecule has 0 fully saturated rings. The summed E-state index contributed by atoms with van der Waals surface area (Å²) in [7, 11) is 0. The minimum absolute atomic E-state index is 0.112. The van der Waals surface area contributed by atoms with Gasteiger partial charge in [-0.2, -0.15) is 73.1 Å². The molecule has 0 saturated heterocycles. The highest BCUT2D eigenvalue weighted by atomic mass is 32.1. The lowest BCUT2D eigenvalue weighted by Gasteiger charge is -2.08. The van der Waals surface area contributed by atoms with Crippen molar-refractivity contribution in [2.75, 3.05) is 21.3 Å². The Hall–Kier alpha value is -13.2. The second-order valence-corrected chi connectivity index (χ2v) is 28.4. The molecule has 9 aromatic carbocycles. The molecule has 0 saturated carbocycles. The van der Waals surface area contributed by atoms with E-state index < -0.39 is 58.7 Å². The first-order valence-electron chi connectivity index (χ1n) is 34.7. The number of aromatic nitrogens is 10. The molecule has 18 nitrogen and oxygen atoms in total. The highest BCUT2D eigenvalue weighted by molar-refractivity contribution is 7.12. The van der Waals surface area contributed by atoms with Crippen molar-refractivity contribution in [3.05, 3.63) is 329 Å². The first kappa shape index (κ1) is 80.8. The second kappa shape index (κ2) is 34.2. The van der Waals surface area contributed by atoms with Crippen molar-refractivity contribution in [3.8, 4) is 0 Å². The van der Waals surface area contributed by atoms with Gasteiger partial charge in [-0.25, -0.2) is 14.4 Å². The summed E-state index contributed by atoms with van der Waals surface area (Å²) in [4.78, 5) is 59.2. The summed E-state index contributed by atoms with van der Waals surface area (Å²) in [5.74, 6) is -0.758. The number of fused-ring (bicyclic) bond motifs is 4. The molecule has 7 heterocycles. The maximum Gasteiger partial charge on any atom is 0.416 e. The van der Waals surface area contributed by atoms with Crippen LogP contribution in [-0.2, 0) is 50.9 Å². The van der Waals surface area contributed by atoms with Gasteiger partial charge in [0.25, 0.3) is 23.6 Å². The predicted molar refractivity (Wildman–Crippen MR) is 417 cm³/mol. The summed E-state index contributed by atoms with van der Waals surface area (Å²) in [5, 5.41) is 35.7. The summed E-state index contributed by atoms with van der Waals surface area (Å²) < 4.78 is 174. The molecule has 16 rings (SSSR count). The van der Waals surface area contributed by atoms with Crippen molar-refractivity contribution < 1.29 is 76.3 Å². The monoisotopic (exact) mass is 1650 g/mol. The molecule has 0 aliphatic heterocycles. The average molecular weight is 1650 g/mol. The molecular formula is C82H59F13N14O4S3. The average Bonchev–Trinajstić information content (AvgIpc) is 1.65. The number of nitrogens with zero attached hydrogens (tertiary/aromatic N) is 10. The molecule has 16 aromatic rings. The zero-order valence-corrected chi connectivity index (χ0v) is 62.7. The molecule has 0 aliphatic carbocycles. The van der Waals surface area contributed by atoms with Crippen LogP contribution in [0.3, 0.4) is 0 Å². The second-order valence-electron chi connectivity index (χ2n) is 25.7. The fraction of sp³-hybridized carbons (Fsp3) is 0.122. The van der Waals surface area contributed by atoms with Crippen LogP contribution >= 0.6 is 34.0 Å². The van der Waals surface area contributed by atoms with Crippen molar-refractivity contribution in [2.24, 2.45) is 0 Å². The predicted octanol–water partition coefficient (Wildman–Crippen LogP) is 21.2. The van der Waals surface area contributed by atoms with E-state index in [1.807, 2.05) is 85.1 Å². The third kappa shape index (κ3) is 19.3. The van der Waals surface area contributed by atoms with E-state index in [9.17, 15) is 76.3 Å². The third-order valence-electron chi connectivity index (χ3n) is 17.6. The number of halogens is 13. The SMILES string of the molecule is Cc1csc(C(=O)Nc2nn(Cc3ccc(C(F)(F)F)cc3)c3ccccc23)n1.Cc1ncsc1C(=O)Nc1nn(Cc2ccc(C(F)(F)F)cc2)c2ccccc12.O=C(Nc1nn(Cc2ccc(C(F)(F)F)cc2)c2ccccc12)c1ccccc1F.O=C(Nc1nn(Cc2ccc(C(F)(F)F)cc2)c2ccccc12)c1cccs1. The number of carbonyl (C=O) groups excluding carboxylic acids is 4. The Morgan fingerprint density at radius 2 is 0.690 bits per heavy atom. The number of hydrogen-bond donors (Lipinski definition) is 4. The van der Waals surface area contributed by atoms with Gasteiger partial charge in [0, 0.05) is 32.6 Å². The van der Waals surface area contributed by atoms with E-state index in [-0.39, 0.29) is 55.3 Å². The Morgan fingerprint density at radius 1 is 0.362 bits per heavy atom. The molecule has 0 radical (unpaired) electrons. The maximum atomic E-state index is 13.9. The molecule has 0 spiro atoms. The van der Waals surface area contributed by atoms with Crippen LogP contribution in [0.15, 0.2) is 247 Å². The number of aryl methyl sites for hydroxylation is 2. The molecular weight excluding hydrogens is 1590 g/mol. The van der Waals surface area contributed by atoms with Crippen molar-refractivity contribution in [3.63, 3.8) is 0 Å². The number of anilines is 4. The van der Waals surface area contributed by atoms with Crippen LogP contribution in [0.4, 0.5) is 80.3 Å². The van der Waals surface area contributed by atoms with Gasteiger partial charge in [0.15, 0.2) is 28.3 Å². The van der Waals surface area contributed by atoms with E-state index in [1.165, 1.54) is 101 Å². The standard InChI is InChI=1S/C22H15F4N3O.2C20H15F3N4OS.C20H14F3N3OS/c23-18-7-3-1-5-16(18)21(30)27-20-17-6-2-4-8-19(17)29(28-20)13-14-9-11-15(12-10-14)22(24,25)26;1-12-17(29-11-24-12)19(28)25-18-15-4-2-3-5-16(15)27(26-18)10-13-6-8-14(9-7-13)20(21,22)23;1-12-11-29-19(24-12)18(28)25-17-15-4-2-3-5-16(15)27(26-17)10-13-6-8-14(9-7-13)20(21,22)23;21-20(22,23)14-9-7-13(8-10-14)12-26-16-5-2-1-4-15(16)18(25-26)24-19(27)17-6-3-11-28-17/h1-12H,13H2,(H,27,28,30);2*2-9,11H,10H2,1H3,(H,25,26,28);1-11H,12H2,(H,24,25,27). The van der Waals surface area contributed by atoms with Gasteiger partial charge in [0.2, 0.25) is 0 Å². The molecule has 0 aliphatic rings. The Balaban J connectivity index is 0.000000135. The number of amides is 4. The molecule has 4 N–H and O–H groups in total. The Kier molecular flexibility index (Phi) is 23.9. The van der Waals surface area contributed by atoms with Gasteiger partial charge in [-0.1, -0.05) is 115 Å². The summed E-state index contributed by atoms with van der Waals surface area (Å²) in [5.41, 5.74) is 5.70. The largest absolute Gasteiger partial charge is 0.416 e. The maximum absolute atomic E-state index is 13.9. The van der Waals surface area contributed by atoms with Gasteiger partial charge in [-0.15, -0.1) is 34.0 Å². The fourth-order valence-electron chi connectivity index (χ4n) is 11.9. The highest BCUT2D eigenvalue weighted by Gasteiger charge is 2.34. The number of thiophene rings is 1. The van der Waals surface area contributed by atoms with Gasteiger partial charge in [0.05, 0.1) is 92.1 Å². The van der Waals surface area contributed by atoms with Gasteiger partial charge in [-0.05, 0) is 157 Å². The van der Waals surface area contributed by atoms with Crippen LogP contribution in [0, 0.1) is 19.7 Å². The summed E-state index contributed by atoms with van der Waals surface area (Å²) in [6.45, 7) is 4.59. The lowest BCUT2D eigenvalue weighted by Crippen LogP contribution is -2.14. The normalized spacial score (nSPS) is 11.7. The lowest BCUT2D eigenvalue weighted by atomic mass is 10.1. The van der Waals surface area contributed by atoms with E-state index in [4.69, 9.17) is 0 Å². The van der Waals surface area contributed by atoms with E-state index in [2.05, 4.69) is 51.6 Å². The Bertz CT molecular complexity index is 6190. The number of rotatable bonds is 16. The van der Waals surface area contributed by atoms with Gasteiger partial charge in [-0.3, -0.25) is 37.9 Å². The van der Waals surface area contributed by atoms with Crippen LogP contribution in [0.25, 0.3) is 43.6 Å². The molecule has 7 aromatic heterocycles. The number of nitrogens with one attached hydrogen (secondary N) is 4. The van der Waals surface area contributed by atoms with Crippen molar-refractivity contribution >= 4 is 125 Å². The number of carbonyl (C=O) groups is 4. The first-order chi connectivity index (χ1) is 55.4. The molecule has 590 valence electrons. The Morgan fingerprint density at radius 3 is 1.00 bits per heavy atom. The molecule has 0 unspecified atom stereocenters. The van der Waals surface area contributed by atoms with Crippen molar-refractivity contribution in [1.82, 2.24) is 49.1 Å². The van der Waals surface area contributed by atoms with Gasteiger partial charge in [0.1, 0.15) is 10.7 Å². The lowest BCUT2D eigenvalue weighted by molar-refractivity contribution is -0.138. The van der Waals surface area contributed by atoms with E-state index in [0.29, 0.717) is 71.1 Å². The van der Waals surface area contributed by atoms with Crippen molar-refractivity contribution in [1.29, 1.82) is 0 Å². The smallest absolute Gasteiger partial charge is 0.304 e. The number of alkyl halides is 12. The minimum Gasteiger partial charge on any atom is -0.304 e.